The maximum atomic E-state index is 12.7. The number of nitrogens with one attached hydrogen (secondary N) is 2. The Morgan fingerprint density at radius 1 is 1.03 bits per heavy atom. The zero-order chi connectivity index (χ0) is 21.0. The minimum atomic E-state index is -0.571. The van der Waals surface area contributed by atoms with Crippen LogP contribution in [0.2, 0.25) is 5.02 Å². The van der Waals surface area contributed by atoms with Crippen LogP contribution in [-0.4, -0.2) is 21.6 Å². The molecule has 0 saturated heterocycles. The Morgan fingerprint density at radius 2 is 1.72 bits per heavy atom. The third kappa shape index (κ3) is 5.08. The van der Waals surface area contributed by atoms with Crippen LogP contribution in [0, 0.1) is 6.92 Å². The van der Waals surface area contributed by atoms with Crippen LogP contribution in [0.25, 0.3) is 11.3 Å². The van der Waals surface area contributed by atoms with Crippen molar-refractivity contribution in [3.05, 3.63) is 75.5 Å². The monoisotopic (exact) mass is 410 g/mol. The molecule has 0 fully saturated rings. The van der Waals surface area contributed by atoms with Gasteiger partial charge in [-0.1, -0.05) is 41.9 Å². The van der Waals surface area contributed by atoms with Gasteiger partial charge in [0.25, 0.3) is 5.56 Å². The summed E-state index contributed by atoms with van der Waals surface area (Å²) in [6.07, 6.45) is 0. The van der Waals surface area contributed by atoms with Gasteiger partial charge in [-0.25, -0.2) is 4.68 Å². The van der Waals surface area contributed by atoms with E-state index in [1.54, 1.807) is 30.3 Å². The molecule has 2 N–H and O–H groups in total. The highest BCUT2D eigenvalue weighted by Crippen LogP contribution is 2.21. The average molecular weight is 411 g/mol. The lowest BCUT2D eigenvalue weighted by molar-refractivity contribution is -0.117. The first kappa shape index (κ1) is 20.3. The number of hydrogen-bond donors (Lipinski definition) is 2. The number of carbonyl (C=O) groups is 2. The van der Waals surface area contributed by atoms with E-state index < -0.39 is 17.4 Å². The number of anilines is 2. The fourth-order valence-electron chi connectivity index (χ4n) is 2.73. The van der Waals surface area contributed by atoms with Crippen LogP contribution in [0.3, 0.4) is 0 Å². The third-order valence-corrected chi connectivity index (χ3v) is 4.39. The second-order valence-corrected chi connectivity index (χ2v) is 6.89. The number of halogens is 1. The summed E-state index contributed by atoms with van der Waals surface area (Å²) in [5, 5.41) is 10.1. The Bertz CT molecular complexity index is 1120. The Labute approximate surface area is 172 Å². The molecule has 0 radical (unpaired) electrons. The van der Waals surface area contributed by atoms with Crippen LogP contribution in [0.15, 0.2) is 59.4 Å². The first-order valence-corrected chi connectivity index (χ1v) is 9.22. The SMILES string of the molecule is CC(=O)Nc1cc(-c2ccc(Cl)cc2)nn(CC(=O)Nc2ccccc2C)c1=O. The highest BCUT2D eigenvalue weighted by molar-refractivity contribution is 6.30. The number of carbonyl (C=O) groups excluding carboxylic acids is 2. The summed E-state index contributed by atoms with van der Waals surface area (Å²) < 4.78 is 1.03. The molecule has 0 aliphatic carbocycles. The molecule has 0 atom stereocenters. The molecule has 0 aliphatic rings. The number of amides is 2. The average Bonchev–Trinajstić information content (AvgIpc) is 2.67. The van der Waals surface area contributed by atoms with E-state index in [0.29, 0.717) is 22.0 Å². The summed E-state index contributed by atoms with van der Waals surface area (Å²) in [6.45, 7) is 2.87. The largest absolute Gasteiger partial charge is 0.324 e. The molecule has 1 heterocycles. The van der Waals surface area contributed by atoms with E-state index in [4.69, 9.17) is 11.6 Å². The molecule has 148 valence electrons. The van der Waals surface area contributed by atoms with Crippen molar-refractivity contribution in [2.24, 2.45) is 0 Å². The van der Waals surface area contributed by atoms with Gasteiger partial charge in [-0.2, -0.15) is 5.10 Å². The lowest BCUT2D eigenvalue weighted by atomic mass is 10.1. The van der Waals surface area contributed by atoms with Crippen molar-refractivity contribution in [3.8, 4) is 11.3 Å². The second kappa shape index (κ2) is 8.70. The van der Waals surface area contributed by atoms with Crippen LogP contribution in [0.5, 0.6) is 0 Å². The number of benzene rings is 2. The quantitative estimate of drug-likeness (QED) is 0.673. The van der Waals surface area contributed by atoms with Gasteiger partial charge in [0.1, 0.15) is 12.2 Å². The Morgan fingerprint density at radius 3 is 2.38 bits per heavy atom. The molecule has 7 nitrogen and oxygen atoms in total. The standard InChI is InChI=1S/C21H19ClN4O3/c1-13-5-3-4-6-17(13)24-20(28)12-26-21(29)19(23-14(2)27)11-18(25-26)15-7-9-16(22)10-8-15/h3-11H,12H2,1-2H3,(H,23,27)(H,24,28). The molecule has 8 heteroatoms. The summed E-state index contributed by atoms with van der Waals surface area (Å²) in [5.74, 6) is -0.804. The van der Waals surface area contributed by atoms with Gasteiger partial charge < -0.3 is 10.6 Å². The molecule has 1 aromatic heterocycles. The minimum Gasteiger partial charge on any atom is -0.324 e. The van der Waals surface area contributed by atoms with Gasteiger partial charge in [0, 0.05) is 23.2 Å². The number of para-hydroxylation sites is 1. The predicted molar refractivity (Wildman–Crippen MR) is 113 cm³/mol. The number of nitrogens with zero attached hydrogens (tertiary/aromatic N) is 2. The summed E-state index contributed by atoms with van der Waals surface area (Å²) in [5.41, 5.74) is 2.14. The van der Waals surface area contributed by atoms with Gasteiger partial charge in [0.15, 0.2) is 0 Å². The number of aromatic nitrogens is 2. The van der Waals surface area contributed by atoms with Gasteiger partial charge in [-0.15, -0.1) is 0 Å². The van der Waals surface area contributed by atoms with Crippen molar-refractivity contribution in [2.75, 3.05) is 10.6 Å². The summed E-state index contributed by atoms with van der Waals surface area (Å²) in [7, 11) is 0. The molecule has 3 aromatic rings. The Kier molecular flexibility index (Phi) is 6.09. The first-order chi connectivity index (χ1) is 13.8. The third-order valence-electron chi connectivity index (χ3n) is 4.14. The molecule has 0 bridgehead atoms. The van der Waals surface area contributed by atoms with Crippen molar-refractivity contribution in [2.45, 2.75) is 20.4 Å². The minimum absolute atomic E-state index is 0.0427. The van der Waals surface area contributed by atoms with E-state index >= 15 is 0 Å². The summed E-state index contributed by atoms with van der Waals surface area (Å²) in [6, 6.07) is 15.7. The lowest BCUT2D eigenvalue weighted by Crippen LogP contribution is -2.32. The molecule has 0 aliphatic heterocycles. The van der Waals surface area contributed by atoms with Crippen LogP contribution in [0.4, 0.5) is 11.4 Å². The highest BCUT2D eigenvalue weighted by Gasteiger charge is 2.14. The molecule has 3 rings (SSSR count). The zero-order valence-electron chi connectivity index (χ0n) is 15.9. The van der Waals surface area contributed by atoms with Gasteiger partial charge in [0.2, 0.25) is 11.8 Å². The number of hydrogen-bond acceptors (Lipinski definition) is 4. The van der Waals surface area contributed by atoms with E-state index in [9.17, 15) is 14.4 Å². The predicted octanol–water partition coefficient (Wildman–Crippen LogP) is 3.47. The van der Waals surface area contributed by atoms with Gasteiger partial charge >= 0.3 is 0 Å². The molecule has 2 aromatic carbocycles. The molecule has 0 unspecified atom stereocenters. The fraction of sp³-hybridized carbons (Fsp3) is 0.143. The van der Waals surface area contributed by atoms with E-state index in [2.05, 4.69) is 15.7 Å². The lowest BCUT2D eigenvalue weighted by Gasteiger charge is -2.12. The molecular formula is C21H19ClN4O3. The van der Waals surface area contributed by atoms with Crippen molar-refractivity contribution in [3.63, 3.8) is 0 Å². The second-order valence-electron chi connectivity index (χ2n) is 6.46. The molecule has 0 saturated carbocycles. The van der Waals surface area contributed by atoms with E-state index in [1.807, 2.05) is 25.1 Å². The zero-order valence-corrected chi connectivity index (χ0v) is 16.7. The molecule has 2 amide bonds. The van der Waals surface area contributed by atoms with E-state index in [1.165, 1.54) is 13.0 Å². The number of rotatable bonds is 5. The normalized spacial score (nSPS) is 10.4. The van der Waals surface area contributed by atoms with Crippen molar-refractivity contribution >= 4 is 34.8 Å². The van der Waals surface area contributed by atoms with Crippen LogP contribution in [-0.2, 0) is 16.1 Å². The van der Waals surface area contributed by atoms with Gasteiger partial charge in [0.05, 0.1) is 5.69 Å². The highest BCUT2D eigenvalue weighted by atomic mass is 35.5. The Hall–Kier alpha value is -3.45. The van der Waals surface area contributed by atoms with Crippen molar-refractivity contribution in [1.82, 2.24) is 9.78 Å². The topological polar surface area (TPSA) is 93.1 Å². The smallest absolute Gasteiger partial charge is 0.291 e. The van der Waals surface area contributed by atoms with Crippen molar-refractivity contribution < 1.29 is 9.59 Å². The van der Waals surface area contributed by atoms with Gasteiger partial charge in [-0.05, 0) is 36.8 Å². The van der Waals surface area contributed by atoms with E-state index in [-0.39, 0.29) is 12.2 Å². The maximum Gasteiger partial charge on any atom is 0.291 e. The molecule has 0 spiro atoms. The summed E-state index contributed by atoms with van der Waals surface area (Å²) in [4.78, 5) is 36.7. The van der Waals surface area contributed by atoms with Crippen LogP contribution >= 0.6 is 11.6 Å². The Balaban J connectivity index is 1.95. The van der Waals surface area contributed by atoms with Crippen LogP contribution < -0.4 is 16.2 Å². The fourth-order valence-corrected chi connectivity index (χ4v) is 2.85. The first-order valence-electron chi connectivity index (χ1n) is 8.84. The van der Waals surface area contributed by atoms with Crippen LogP contribution in [0.1, 0.15) is 12.5 Å². The maximum absolute atomic E-state index is 12.7. The van der Waals surface area contributed by atoms with Gasteiger partial charge in [-0.3, -0.25) is 14.4 Å². The van der Waals surface area contributed by atoms with Crippen molar-refractivity contribution in [1.29, 1.82) is 0 Å². The number of aryl methyl sites for hydroxylation is 1. The van der Waals surface area contributed by atoms with E-state index in [0.717, 1.165) is 10.2 Å². The molecular weight excluding hydrogens is 392 g/mol. The molecule has 29 heavy (non-hydrogen) atoms. The summed E-state index contributed by atoms with van der Waals surface area (Å²) >= 11 is 5.93.